The summed E-state index contributed by atoms with van der Waals surface area (Å²) >= 11 is 0. The lowest BCUT2D eigenvalue weighted by atomic mass is 10.1. The van der Waals surface area contributed by atoms with E-state index in [1.165, 1.54) is 31.5 Å². The first-order valence-corrected chi connectivity index (χ1v) is 8.60. The minimum absolute atomic E-state index is 0.0211. The number of hydrogen-bond acceptors (Lipinski definition) is 6. The molecule has 0 atom stereocenters. The quantitative estimate of drug-likeness (QED) is 0.629. The lowest BCUT2D eigenvalue weighted by molar-refractivity contribution is -0.384. The molecule has 1 saturated carbocycles. The molecule has 7 heteroatoms. The zero-order chi connectivity index (χ0) is 17.4. The van der Waals surface area contributed by atoms with Crippen LogP contribution in [0.1, 0.15) is 18.4 Å². The first kappa shape index (κ1) is 15.8. The third kappa shape index (κ3) is 3.26. The molecule has 0 radical (unpaired) electrons. The molecule has 25 heavy (non-hydrogen) atoms. The Kier molecular flexibility index (Phi) is 3.98. The Hall–Kier alpha value is -2.72. The van der Waals surface area contributed by atoms with Crippen molar-refractivity contribution in [2.75, 3.05) is 37.6 Å². The molecule has 1 aliphatic carbocycles. The average molecular weight is 337 g/mol. The predicted molar refractivity (Wildman–Crippen MR) is 94.5 cm³/mol. The van der Waals surface area contributed by atoms with E-state index < -0.39 is 4.92 Å². The number of nitrogens with zero attached hydrogens (tertiary/aromatic N) is 5. The molecule has 2 heterocycles. The number of hydrogen-bond donors (Lipinski definition) is 0. The summed E-state index contributed by atoms with van der Waals surface area (Å²) in [6.07, 6.45) is 2.73. The fourth-order valence-electron chi connectivity index (χ4n) is 3.39. The minimum Gasteiger partial charge on any atom is -0.354 e. The van der Waals surface area contributed by atoms with E-state index in [1.54, 1.807) is 12.1 Å². The Morgan fingerprint density at radius 3 is 2.64 bits per heavy atom. The highest BCUT2D eigenvalue weighted by Gasteiger charge is 2.27. The number of fused-ring (bicyclic) bond motifs is 1. The van der Waals surface area contributed by atoms with E-state index in [1.807, 2.05) is 0 Å². The molecule has 1 saturated heterocycles. The van der Waals surface area contributed by atoms with Crippen molar-refractivity contribution >= 4 is 22.4 Å². The molecule has 0 spiro atoms. The summed E-state index contributed by atoms with van der Waals surface area (Å²) in [4.78, 5) is 19.9. The number of nitro groups is 1. The van der Waals surface area contributed by atoms with Crippen molar-refractivity contribution in [2.24, 2.45) is 5.92 Å². The molecule has 2 aliphatic rings. The molecule has 2 fully saturated rings. The maximum Gasteiger partial charge on any atom is 0.270 e. The zero-order valence-corrected chi connectivity index (χ0v) is 13.9. The molecule has 0 unspecified atom stereocenters. The number of nitro benzene ring substituents is 1. The summed E-state index contributed by atoms with van der Waals surface area (Å²) < 4.78 is 0. The van der Waals surface area contributed by atoms with E-state index in [2.05, 4.69) is 20.9 Å². The first-order valence-electron chi connectivity index (χ1n) is 8.60. The highest BCUT2D eigenvalue weighted by atomic mass is 16.6. The topological polar surface area (TPSA) is 86.3 Å². The highest BCUT2D eigenvalue weighted by Crippen LogP contribution is 2.30. The monoisotopic (exact) mass is 337 g/mol. The molecule has 128 valence electrons. The number of rotatable bonds is 4. The average Bonchev–Trinajstić information content (AvgIpc) is 3.45. The molecule has 0 bridgehead atoms. The third-order valence-corrected chi connectivity index (χ3v) is 5.02. The Balaban J connectivity index is 1.59. The summed E-state index contributed by atoms with van der Waals surface area (Å²) in [5, 5.41) is 21.0. The van der Waals surface area contributed by atoms with Gasteiger partial charge in [-0.1, -0.05) is 0 Å². The lowest BCUT2D eigenvalue weighted by Crippen LogP contribution is -2.47. The van der Waals surface area contributed by atoms with Gasteiger partial charge in [-0.15, -0.1) is 0 Å². The summed E-state index contributed by atoms with van der Waals surface area (Å²) in [6.45, 7) is 5.01. The molecule has 1 aromatic carbocycles. The van der Waals surface area contributed by atoms with E-state index in [0.29, 0.717) is 16.5 Å². The summed E-state index contributed by atoms with van der Waals surface area (Å²) in [7, 11) is 0. The van der Waals surface area contributed by atoms with E-state index in [4.69, 9.17) is 0 Å². The van der Waals surface area contributed by atoms with Gasteiger partial charge < -0.3 is 4.90 Å². The predicted octanol–water partition coefficient (Wildman–Crippen LogP) is 2.55. The minimum atomic E-state index is -0.451. The van der Waals surface area contributed by atoms with Crippen molar-refractivity contribution in [3.05, 3.63) is 39.9 Å². The van der Waals surface area contributed by atoms with Crippen LogP contribution in [0, 0.1) is 27.4 Å². The molecular formula is C18H19N5O2. The van der Waals surface area contributed by atoms with Crippen LogP contribution in [0.2, 0.25) is 0 Å². The van der Waals surface area contributed by atoms with Gasteiger partial charge in [0, 0.05) is 50.2 Å². The van der Waals surface area contributed by atoms with Crippen LogP contribution in [0.15, 0.2) is 24.3 Å². The van der Waals surface area contributed by atoms with Gasteiger partial charge in [-0.25, -0.2) is 4.98 Å². The lowest BCUT2D eigenvalue weighted by Gasteiger charge is -2.35. The van der Waals surface area contributed by atoms with Crippen LogP contribution in [-0.2, 0) is 0 Å². The molecule has 0 amide bonds. The second kappa shape index (κ2) is 6.30. The van der Waals surface area contributed by atoms with Gasteiger partial charge >= 0.3 is 0 Å². The van der Waals surface area contributed by atoms with Crippen molar-refractivity contribution in [3.8, 4) is 6.07 Å². The van der Waals surface area contributed by atoms with Crippen LogP contribution in [-0.4, -0.2) is 47.5 Å². The molecule has 0 N–H and O–H groups in total. The molecular weight excluding hydrogens is 318 g/mol. The first-order chi connectivity index (χ1) is 12.1. The molecule has 1 aliphatic heterocycles. The standard InChI is InChI=1S/C18H19N5O2/c19-11-14-9-18(20-17-4-3-15(23(24)25)10-16(14)17)22-7-5-21(6-8-22)12-13-1-2-13/h3-4,9-10,13H,1-2,5-8,12H2. The number of anilines is 1. The number of nitriles is 1. The molecule has 4 rings (SSSR count). The summed E-state index contributed by atoms with van der Waals surface area (Å²) in [6, 6.07) is 8.40. The van der Waals surface area contributed by atoms with Crippen molar-refractivity contribution in [1.29, 1.82) is 5.26 Å². The normalized spacial score (nSPS) is 18.3. The van der Waals surface area contributed by atoms with Crippen LogP contribution in [0.4, 0.5) is 11.5 Å². The summed E-state index contributed by atoms with van der Waals surface area (Å²) in [5.41, 5.74) is 1.04. The van der Waals surface area contributed by atoms with Gasteiger partial charge in [0.25, 0.3) is 5.69 Å². The van der Waals surface area contributed by atoms with Crippen LogP contribution >= 0.6 is 0 Å². The number of pyridine rings is 1. The van der Waals surface area contributed by atoms with Gasteiger partial charge in [0.15, 0.2) is 0 Å². The largest absolute Gasteiger partial charge is 0.354 e. The van der Waals surface area contributed by atoms with Crippen LogP contribution < -0.4 is 4.90 Å². The van der Waals surface area contributed by atoms with E-state index in [9.17, 15) is 15.4 Å². The second-order valence-electron chi connectivity index (χ2n) is 6.83. The van der Waals surface area contributed by atoms with Gasteiger partial charge in [-0.05, 0) is 30.9 Å². The van der Waals surface area contributed by atoms with Crippen molar-refractivity contribution in [2.45, 2.75) is 12.8 Å². The van der Waals surface area contributed by atoms with Crippen molar-refractivity contribution in [1.82, 2.24) is 9.88 Å². The number of piperazine rings is 1. The Morgan fingerprint density at radius 2 is 2.00 bits per heavy atom. The van der Waals surface area contributed by atoms with Crippen molar-refractivity contribution in [3.63, 3.8) is 0 Å². The summed E-state index contributed by atoms with van der Waals surface area (Å²) in [5.74, 6) is 1.68. The maximum absolute atomic E-state index is 11.0. The van der Waals surface area contributed by atoms with E-state index >= 15 is 0 Å². The Morgan fingerprint density at radius 1 is 1.24 bits per heavy atom. The molecule has 2 aromatic rings. The van der Waals surface area contributed by atoms with E-state index in [-0.39, 0.29) is 5.69 Å². The highest BCUT2D eigenvalue weighted by molar-refractivity contribution is 5.88. The van der Waals surface area contributed by atoms with Gasteiger partial charge in [0.1, 0.15) is 5.82 Å². The van der Waals surface area contributed by atoms with Gasteiger partial charge in [-0.3, -0.25) is 15.0 Å². The van der Waals surface area contributed by atoms with Gasteiger partial charge in [-0.2, -0.15) is 5.26 Å². The van der Waals surface area contributed by atoms with Crippen LogP contribution in [0.5, 0.6) is 0 Å². The van der Waals surface area contributed by atoms with Gasteiger partial charge in [0.05, 0.1) is 22.1 Å². The third-order valence-electron chi connectivity index (χ3n) is 5.02. The van der Waals surface area contributed by atoms with Crippen molar-refractivity contribution < 1.29 is 4.92 Å². The number of benzene rings is 1. The SMILES string of the molecule is N#Cc1cc(N2CCN(CC3CC3)CC2)nc2ccc([N+](=O)[O-])cc12. The Bertz CT molecular complexity index is 864. The van der Waals surface area contributed by atoms with Gasteiger partial charge in [0.2, 0.25) is 0 Å². The zero-order valence-electron chi connectivity index (χ0n) is 13.9. The number of non-ortho nitro benzene ring substituents is 1. The fourth-order valence-corrected chi connectivity index (χ4v) is 3.39. The van der Waals surface area contributed by atoms with E-state index in [0.717, 1.165) is 37.9 Å². The molecule has 1 aromatic heterocycles. The smallest absolute Gasteiger partial charge is 0.270 e. The van der Waals surface area contributed by atoms with Crippen LogP contribution in [0.25, 0.3) is 10.9 Å². The number of aromatic nitrogens is 1. The Labute approximate surface area is 145 Å². The molecule has 7 nitrogen and oxygen atoms in total. The fraction of sp³-hybridized carbons (Fsp3) is 0.444. The van der Waals surface area contributed by atoms with Crippen LogP contribution in [0.3, 0.4) is 0 Å². The second-order valence-corrected chi connectivity index (χ2v) is 6.83. The maximum atomic E-state index is 11.0.